The van der Waals surface area contributed by atoms with Gasteiger partial charge in [0.1, 0.15) is 18.2 Å². The van der Waals surface area contributed by atoms with Gasteiger partial charge in [0.15, 0.2) is 0 Å². The molecule has 1 aliphatic heterocycles. The lowest BCUT2D eigenvalue weighted by molar-refractivity contribution is 0.0752. The molecule has 3 rings (SSSR count). The van der Waals surface area contributed by atoms with Gasteiger partial charge in [0.25, 0.3) is 0 Å². The van der Waals surface area contributed by atoms with Crippen molar-refractivity contribution in [3.8, 4) is 5.75 Å². The van der Waals surface area contributed by atoms with Crippen molar-refractivity contribution in [3.05, 3.63) is 42.2 Å². The van der Waals surface area contributed by atoms with Crippen LogP contribution in [-0.4, -0.2) is 43.4 Å². The van der Waals surface area contributed by atoms with Crippen LogP contribution in [0.3, 0.4) is 0 Å². The number of hydrogen-bond donors (Lipinski definition) is 1. The Labute approximate surface area is 147 Å². The van der Waals surface area contributed by atoms with Crippen LogP contribution in [0.5, 0.6) is 5.75 Å². The Balaban J connectivity index is 1.81. The van der Waals surface area contributed by atoms with Crippen molar-refractivity contribution < 1.29 is 13.9 Å². The molecular weight excluding hydrogens is 321 g/mol. The fourth-order valence-corrected chi connectivity index (χ4v) is 3.09. The maximum Gasteiger partial charge on any atom is 0.129 e. The number of ether oxygens (including phenoxy) is 2. The van der Waals surface area contributed by atoms with Gasteiger partial charge in [0, 0.05) is 17.5 Å². The van der Waals surface area contributed by atoms with Gasteiger partial charge in [-0.2, -0.15) is 0 Å². The van der Waals surface area contributed by atoms with E-state index >= 15 is 0 Å². The van der Waals surface area contributed by atoms with Crippen LogP contribution in [0.2, 0.25) is 0 Å². The monoisotopic (exact) mass is 345 g/mol. The molecule has 2 N–H and O–H groups in total. The number of rotatable bonds is 5. The Hall–Kier alpha value is -2.18. The van der Waals surface area contributed by atoms with E-state index in [0.717, 1.165) is 16.7 Å². The van der Waals surface area contributed by atoms with Gasteiger partial charge in [-0.3, -0.25) is 0 Å². The Kier molecular flexibility index (Phi) is 5.50. The number of benzene rings is 1. The first-order valence-corrected chi connectivity index (χ1v) is 8.50. The van der Waals surface area contributed by atoms with Crippen LogP contribution in [0.25, 0.3) is 10.9 Å². The third-order valence-electron chi connectivity index (χ3n) is 4.42. The van der Waals surface area contributed by atoms with E-state index < -0.39 is 0 Å². The summed E-state index contributed by atoms with van der Waals surface area (Å²) < 4.78 is 23.7. The maximum absolute atomic E-state index is 12.6. The first-order valence-electron chi connectivity index (χ1n) is 8.50. The van der Waals surface area contributed by atoms with Gasteiger partial charge >= 0.3 is 0 Å². The molecule has 1 aliphatic rings. The maximum atomic E-state index is 12.6. The summed E-state index contributed by atoms with van der Waals surface area (Å²) in [6.45, 7) is 6.00. The van der Waals surface area contributed by atoms with Crippen LogP contribution in [0.15, 0.2) is 42.2 Å². The largest absolute Gasteiger partial charge is 0.489 e. The van der Waals surface area contributed by atoms with Crippen molar-refractivity contribution in [1.82, 2.24) is 4.98 Å². The number of aromatic nitrogens is 1. The lowest BCUT2D eigenvalue weighted by Crippen LogP contribution is -2.50. The van der Waals surface area contributed by atoms with Crippen LogP contribution < -0.4 is 15.4 Å². The average molecular weight is 345 g/mol. The molecule has 0 bridgehead atoms. The third-order valence-corrected chi connectivity index (χ3v) is 4.42. The first-order chi connectivity index (χ1) is 12.1. The molecule has 1 aromatic carbocycles. The Morgan fingerprint density at radius 2 is 2.08 bits per heavy atom. The smallest absolute Gasteiger partial charge is 0.129 e. The van der Waals surface area contributed by atoms with Crippen LogP contribution in [0.1, 0.15) is 13.8 Å². The molecule has 134 valence electrons. The Morgan fingerprint density at radius 3 is 2.76 bits per heavy atom. The van der Waals surface area contributed by atoms with Gasteiger partial charge in [-0.25, -0.2) is 9.37 Å². The molecule has 1 fully saturated rings. The zero-order valence-corrected chi connectivity index (χ0v) is 14.6. The summed E-state index contributed by atoms with van der Waals surface area (Å²) in [6, 6.07) is 10.3. The van der Waals surface area contributed by atoms with Crippen molar-refractivity contribution in [2.24, 2.45) is 5.73 Å². The highest BCUT2D eigenvalue weighted by atomic mass is 19.1. The number of halogens is 1. The molecule has 0 unspecified atom stereocenters. The van der Waals surface area contributed by atoms with E-state index in [1.165, 1.54) is 0 Å². The minimum atomic E-state index is 0.144. The summed E-state index contributed by atoms with van der Waals surface area (Å²) in [6.07, 6.45) is 0.500. The number of morpholine rings is 1. The van der Waals surface area contributed by atoms with Crippen molar-refractivity contribution in [2.75, 3.05) is 31.3 Å². The summed E-state index contributed by atoms with van der Waals surface area (Å²) in [5, 5.41) is 0.980. The minimum absolute atomic E-state index is 0.144. The first kappa shape index (κ1) is 17.6. The lowest BCUT2D eigenvalue weighted by atomic mass is 10.1. The van der Waals surface area contributed by atoms with E-state index in [1.54, 1.807) is 0 Å². The fourth-order valence-electron chi connectivity index (χ4n) is 3.09. The van der Waals surface area contributed by atoms with E-state index in [0.29, 0.717) is 42.9 Å². The molecule has 1 saturated heterocycles. The molecule has 0 radical (unpaired) electrons. The molecule has 0 saturated carbocycles. The molecule has 0 amide bonds. The zero-order chi connectivity index (χ0) is 17.8. The van der Waals surface area contributed by atoms with E-state index in [2.05, 4.69) is 18.7 Å². The second kappa shape index (κ2) is 7.80. The number of hydrogen-bond acceptors (Lipinski definition) is 5. The molecule has 2 atom stereocenters. The fraction of sp³-hybridized carbons (Fsp3) is 0.421. The number of fused-ring (bicyclic) bond motifs is 1. The van der Waals surface area contributed by atoms with Crippen molar-refractivity contribution in [2.45, 2.75) is 25.9 Å². The van der Waals surface area contributed by atoms with Crippen molar-refractivity contribution in [1.29, 1.82) is 0 Å². The van der Waals surface area contributed by atoms with Gasteiger partial charge in [-0.05, 0) is 44.2 Å². The van der Waals surface area contributed by atoms with Crippen LogP contribution >= 0.6 is 0 Å². The quantitative estimate of drug-likeness (QED) is 0.902. The second-order valence-corrected chi connectivity index (χ2v) is 6.43. The van der Waals surface area contributed by atoms with Crippen LogP contribution in [0.4, 0.5) is 10.2 Å². The lowest BCUT2D eigenvalue weighted by Gasteiger charge is -2.39. The second-order valence-electron chi connectivity index (χ2n) is 6.43. The number of nitrogens with zero attached hydrogens (tertiary/aromatic N) is 2. The van der Waals surface area contributed by atoms with Gasteiger partial charge in [0.05, 0.1) is 37.1 Å². The normalized spacial score (nSPS) is 21.6. The molecule has 1 aromatic heterocycles. The summed E-state index contributed by atoms with van der Waals surface area (Å²) in [7, 11) is 0. The molecule has 25 heavy (non-hydrogen) atoms. The Morgan fingerprint density at radius 1 is 1.32 bits per heavy atom. The number of anilines is 1. The van der Waals surface area contributed by atoms with Gasteiger partial charge in [0.2, 0.25) is 0 Å². The Bertz CT molecular complexity index is 755. The predicted molar refractivity (Wildman–Crippen MR) is 97.7 cm³/mol. The van der Waals surface area contributed by atoms with E-state index in [9.17, 15) is 4.39 Å². The number of pyridine rings is 1. The van der Waals surface area contributed by atoms with Crippen LogP contribution in [0, 0.1) is 0 Å². The summed E-state index contributed by atoms with van der Waals surface area (Å²) in [4.78, 5) is 7.09. The highest BCUT2D eigenvalue weighted by Crippen LogP contribution is 2.26. The summed E-state index contributed by atoms with van der Waals surface area (Å²) in [5.74, 6) is 1.62. The summed E-state index contributed by atoms with van der Waals surface area (Å²) >= 11 is 0. The average Bonchev–Trinajstić information content (AvgIpc) is 2.62. The SMILES string of the molecule is C[C@@H]1COC[C@H](C)N1c1ccc2cc(OC/C(=C/F)CN)ccc2n1. The number of nitrogens with two attached hydrogens (primary N) is 1. The molecular formula is C19H24FN3O2. The van der Waals surface area contributed by atoms with Crippen LogP contribution in [-0.2, 0) is 4.74 Å². The molecule has 2 aromatic rings. The zero-order valence-electron chi connectivity index (χ0n) is 14.6. The molecule has 0 spiro atoms. The molecule has 6 heteroatoms. The third kappa shape index (κ3) is 3.91. The van der Waals surface area contributed by atoms with Crippen molar-refractivity contribution >= 4 is 16.7 Å². The van der Waals surface area contributed by atoms with E-state index in [-0.39, 0.29) is 13.2 Å². The highest BCUT2D eigenvalue weighted by Gasteiger charge is 2.26. The highest BCUT2D eigenvalue weighted by molar-refractivity contribution is 5.82. The molecule has 5 nitrogen and oxygen atoms in total. The van der Waals surface area contributed by atoms with Gasteiger partial charge in [-0.1, -0.05) is 0 Å². The van der Waals surface area contributed by atoms with Gasteiger partial charge in [-0.15, -0.1) is 0 Å². The van der Waals surface area contributed by atoms with Crippen molar-refractivity contribution in [3.63, 3.8) is 0 Å². The molecule has 2 heterocycles. The van der Waals surface area contributed by atoms with E-state index in [4.69, 9.17) is 20.2 Å². The summed E-state index contributed by atoms with van der Waals surface area (Å²) in [5.41, 5.74) is 6.76. The van der Waals surface area contributed by atoms with E-state index in [1.807, 2.05) is 30.3 Å². The molecule has 0 aliphatic carbocycles. The topological polar surface area (TPSA) is 60.6 Å². The minimum Gasteiger partial charge on any atom is -0.489 e. The van der Waals surface area contributed by atoms with Gasteiger partial charge < -0.3 is 20.1 Å². The predicted octanol–water partition coefficient (Wildman–Crippen LogP) is 3.04. The standard InChI is InChI=1S/C19H24FN3O2/c1-13-10-24-11-14(2)23(13)19-6-3-16-7-17(4-5-18(16)22-19)25-12-15(8-20)9-21/h3-8,13-14H,9-12,21H2,1-2H3/b15-8+/t13-,14+.